The lowest BCUT2D eigenvalue weighted by atomic mass is 10.2. The molecule has 0 N–H and O–H groups in total. The quantitative estimate of drug-likeness (QED) is 0.423. The van der Waals surface area contributed by atoms with E-state index in [1.165, 1.54) is 6.92 Å². The van der Waals surface area contributed by atoms with Crippen LogP contribution < -0.4 is 4.74 Å². The van der Waals surface area contributed by atoms with Crippen LogP contribution in [-0.4, -0.2) is 30.4 Å². The number of ether oxygens (including phenoxy) is 2. The maximum absolute atomic E-state index is 10.9. The first-order chi connectivity index (χ1) is 8.97. The smallest absolute Gasteiger partial charge is 0.303 e. The molecule has 0 aromatic heterocycles. The van der Waals surface area contributed by atoms with Crippen LogP contribution >= 0.6 is 0 Å². The summed E-state index contributed by atoms with van der Waals surface area (Å²) in [4.78, 5) is 25.2. The molecule has 0 aliphatic carbocycles. The fourth-order valence-corrected chi connectivity index (χ4v) is 1.39. The molecule has 0 saturated heterocycles. The molecule has 0 radical (unpaired) electrons. The normalized spacial score (nSPS) is 11.5. The van der Waals surface area contributed by atoms with Gasteiger partial charge in [0.05, 0.1) is 0 Å². The number of esters is 1. The number of rotatable bonds is 7. The Bertz CT molecular complexity index is 448. The third-order valence-corrected chi connectivity index (χ3v) is 2.12. The van der Waals surface area contributed by atoms with E-state index in [4.69, 9.17) is 9.47 Å². The van der Waals surface area contributed by atoms with E-state index >= 15 is 0 Å². The molecule has 1 rings (SSSR count). The Labute approximate surface area is 110 Å². The van der Waals surface area contributed by atoms with Gasteiger partial charge in [0.15, 0.2) is 6.10 Å². The largest absolute Gasteiger partial charge is 0.490 e. The zero-order valence-corrected chi connectivity index (χ0v) is 10.7. The first-order valence-electron chi connectivity index (χ1n) is 5.61. The highest BCUT2D eigenvalue weighted by Gasteiger charge is 2.15. The van der Waals surface area contributed by atoms with Crippen LogP contribution in [0, 0.1) is 17.0 Å². The third-order valence-electron chi connectivity index (χ3n) is 2.12. The van der Waals surface area contributed by atoms with Crippen LogP contribution in [0.5, 0.6) is 5.75 Å². The summed E-state index contributed by atoms with van der Waals surface area (Å²) in [5.41, 5.74) is 1.02. The van der Waals surface area contributed by atoms with Crippen molar-refractivity contribution in [1.82, 2.24) is 0 Å². The van der Waals surface area contributed by atoms with E-state index in [2.05, 4.69) is 4.84 Å². The Kier molecular flexibility index (Phi) is 5.59. The molecule has 1 aromatic rings. The predicted octanol–water partition coefficient (Wildman–Crippen LogP) is 1.51. The second kappa shape index (κ2) is 7.20. The van der Waals surface area contributed by atoms with Crippen LogP contribution in [0.3, 0.4) is 0 Å². The minimum absolute atomic E-state index is 0.0170. The summed E-state index contributed by atoms with van der Waals surface area (Å²) in [5.74, 6) is 0.0445. The van der Waals surface area contributed by atoms with E-state index in [-0.39, 0.29) is 13.2 Å². The van der Waals surface area contributed by atoms with E-state index < -0.39 is 17.2 Å². The van der Waals surface area contributed by atoms with Gasteiger partial charge >= 0.3 is 5.97 Å². The zero-order valence-electron chi connectivity index (χ0n) is 10.7. The summed E-state index contributed by atoms with van der Waals surface area (Å²) in [5, 5.41) is 9.17. The highest BCUT2D eigenvalue weighted by Crippen LogP contribution is 2.13. The molecule has 0 heterocycles. The number of benzene rings is 1. The molecule has 0 fully saturated rings. The zero-order chi connectivity index (χ0) is 14.3. The van der Waals surface area contributed by atoms with Crippen molar-refractivity contribution in [2.24, 2.45) is 0 Å². The monoisotopic (exact) mass is 269 g/mol. The fraction of sp³-hybridized carbons (Fsp3) is 0.417. The van der Waals surface area contributed by atoms with Gasteiger partial charge in [0.2, 0.25) is 0 Å². The van der Waals surface area contributed by atoms with Crippen LogP contribution in [0.2, 0.25) is 0 Å². The van der Waals surface area contributed by atoms with E-state index in [9.17, 15) is 14.9 Å². The highest BCUT2D eigenvalue weighted by atomic mass is 17.0. The molecule has 0 unspecified atom stereocenters. The lowest BCUT2D eigenvalue weighted by Gasteiger charge is -2.16. The van der Waals surface area contributed by atoms with Crippen molar-refractivity contribution >= 4 is 5.97 Å². The maximum atomic E-state index is 10.9. The molecule has 0 saturated carbocycles. The van der Waals surface area contributed by atoms with Crippen molar-refractivity contribution in [2.45, 2.75) is 20.0 Å². The first-order valence-corrected chi connectivity index (χ1v) is 5.61. The van der Waals surface area contributed by atoms with Crippen LogP contribution in [0.15, 0.2) is 24.3 Å². The van der Waals surface area contributed by atoms with Crippen molar-refractivity contribution < 1.29 is 24.2 Å². The van der Waals surface area contributed by atoms with Gasteiger partial charge in [-0.3, -0.25) is 4.79 Å². The van der Waals surface area contributed by atoms with Gasteiger partial charge < -0.3 is 14.3 Å². The summed E-state index contributed by atoms with van der Waals surface area (Å²) in [7, 11) is 0. The van der Waals surface area contributed by atoms with Crippen molar-refractivity contribution in [3.63, 3.8) is 0 Å². The number of carbonyl (C=O) groups is 1. The summed E-state index contributed by atoms with van der Waals surface area (Å²) in [6.45, 7) is 2.74. The standard InChI is InChI=1S/C12H15NO6/c1-9-4-3-5-11(6-9)17-7-12(19-10(2)14)8-18-13(15)16/h3-6,12H,7-8H2,1-2H3/t12-/m0/s1. The molecule has 0 aliphatic heterocycles. The maximum Gasteiger partial charge on any atom is 0.303 e. The summed E-state index contributed by atoms with van der Waals surface area (Å²) in [6.07, 6.45) is -0.830. The molecule has 104 valence electrons. The second-order valence-electron chi connectivity index (χ2n) is 3.88. The number of aryl methyl sites for hydroxylation is 1. The van der Waals surface area contributed by atoms with Crippen LogP contribution in [0.4, 0.5) is 0 Å². The molecule has 0 spiro atoms. The van der Waals surface area contributed by atoms with Crippen LogP contribution in [0.25, 0.3) is 0 Å². The number of hydrogen-bond acceptors (Lipinski definition) is 6. The van der Waals surface area contributed by atoms with E-state index in [1.54, 1.807) is 12.1 Å². The lowest BCUT2D eigenvalue weighted by Crippen LogP contribution is -2.30. The molecule has 0 amide bonds. The van der Waals surface area contributed by atoms with Crippen molar-refractivity contribution in [2.75, 3.05) is 13.2 Å². The van der Waals surface area contributed by atoms with E-state index in [0.29, 0.717) is 5.75 Å². The minimum atomic E-state index is -0.941. The van der Waals surface area contributed by atoms with Gasteiger partial charge in [0.1, 0.15) is 19.0 Å². The van der Waals surface area contributed by atoms with E-state index in [1.807, 2.05) is 19.1 Å². The molecule has 1 atom stereocenters. The number of nitrogens with zero attached hydrogens (tertiary/aromatic N) is 1. The topological polar surface area (TPSA) is 87.9 Å². The Hall–Kier alpha value is -2.31. The lowest BCUT2D eigenvalue weighted by molar-refractivity contribution is -0.759. The predicted molar refractivity (Wildman–Crippen MR) is 65.2 cm³/mol. The SMILES string of the molecule is CC(=O)O[C@@H](COc1cccc(C)c1)CO[N+](=O)[O-]. The van der Waals surface area contributed by atoms with Crippen LogP contribution in [0.1, 0.15) is 12.5 Å². The third kappa shape index (κ3) is 6.25. The second-order valence-corrected chi connectivity index (χ2v) is 3.88. The molecule has 7 nitrogen and oxygen atoms in total. The van der Waals surface area contributed by atoms with E-state index in [0.717, 1.165) is 5.56 Å². The van der Waals surface area contributed by atoms with Crippen molar-refractivity contribution in [3.8, 4) is 5.75 Å². The average molecular weight is 269 g/mol. The van der Waals surface area contributed by atoms with Gasteiger partial charge in [-0.2, -0.15) is 0 Å². The van der Waals surface area contributed by atoms with Gasteiger partial charge in [0.25, 0.3) is 5.09 Å². The average Bonchev–Trinajstić information content (AvgIpc) is 2.32. The first kappa shape index (κ1) is 14.7. The molecule has 1 aromatic carbocycles. The van der Waals surface area contributed by atoms with Crippen molar-refractivity contribution in [1.29, 1.82) is 0 Å². The summed E-state index contributed by atoms with van der Waals surface area (Å²) in [6, 6.07) is 7.27. The Morgan fingerprint density at radius 1 is 1.42 bits per heavy atom. The summed E-state index contributed by atoms with van der Waals surface area (Å²) >= 11 is 0. The minimum Gasteiger partial charge on any atom is -0.490 e. The van der Waals surface area contributed by atoms with Crippen molar-refractivity contribution in [3.05, 3.63) is 39.9 Å². The summed E-state index contributed by atoms with van der Waals surface area (Å²) < 4.78 is 10.3. The molecule has 7 heteroatoms. The molecule has 19 heavy (non-hydrogen) atoms. The number of hydrogen-bond donors (Lipinski definition) is 0. The fourth-order valence-electron chi connectivity index (χ4n) is 1.39. The molecular formula is C12H15NO6. The van der Waals surface area contributed by atoms with Gasteiger partial charge in [-0.25, -0.2) is 0 Å². The molecular weight excluding hydrogens is 254 g/mol. The van der Waals surface area contributed by atoms with Gasteiger partial charge in [-0.05, 0) is 24.6 Å². The van der Waals surface area contributed by atoms with Gasteiger partial charge in [-0.1, -0.05) is 12.1 Å². The Balaban J connectivity index is 2.51. The Morgan fingerprint density at radius 3 is 2.74 bits per heavy atom. The van der Waals surface area contributed by atoms with Gasteiger partial charge in [-0.15, -0.1) is 10.1 Å². The highest BCUT2D eigenvalue weighted by molar-refractivity contribution is 5.66. The molecule has 0 bridgehead atoms. The van der Waals surface area contributed by atoms with Crippen LogP contribution in [-0.2, 0) is 14.4 Å². The number of carbonyl (C=O) groups excluding carboxylic acids is 1. The molecule has 0 aliphatic rings. The Morgan fingerprint density at radius 2 is 2.16 bits per heavy atom. The van der Waals surface area contributed by atoms with Gasteiger partial charge in [0, 0.05) is 6.92 Å².